The van der Waals surface area contributed by atoms with Crippen molar-refractivity contribution in [1.29, 1.82) is 0 Å². The number of hydrogen-bond acceptors (Lipinski definition) is 5. The summed E-state index contributed by atoms with van der Waals surface area (Å²) >= 11 is 0. The predicted octanol–water partition coefficient (Wildman–Crippen LogP) is 2.57. The first kappa shape index (κ1) is 18.3. The van der Waals surface area contributed by atoms with Crippen molar-refractivity contribution in [3.05, 3.63) is 48.3 Å². The Morgan fingerprint density at radius 3 is 2.50 bits per heavy atom. The Morgan fingerprint density at radius 1 is 1.23 bits per heavy atom. The lowest BCUT2D eigenvalue weighted by Gasteiger charge is -2.14. The number of anilines is 1. The first-order chi connectivity index (χ1) is 12.3. The van der Waals surface area contributed by atoms with E-state index >= 15 is 0 Å². The van der Waals surface area contributed by atoms with Gasteiger partial charge in [-0.25, -0.2) is 17.6 Å². The number of carbonyl (C=O) groups is 1. The minimum Gasteiger partial charge on any atom is -0.444 e. The minimum absolute atomic E-state index is 0.170. The molecule has 1 fully saturated rings. The third kappa shape index (κ3) is 3.71. The Morgan fingerprint density at radius 2 is 1.92 bits per heavy atom. The highest BCUT2D eigenvalue weighted by Crippen LogP contribution is 2.30. The van der Waals surface area contributed by atoms with E-state index in [-0.39, 0.29) is 11.0 Å². The number of carbonyl (C=O) groups excluding carboxylic acids is 1. The quantitative estimate of drug-likeness (QED) is 0.864. The Hall–Kier alpha value is -2.45. The first-order valence-electron chi connectivity index (χ1n) is 8.08. The van der Waals surface area contributed by atoms with E-state index in [0.717, 1.165) is 6.26 Å². The van der Waals surface area contributed by atoms with Crippen molar-refractivity contribution in [2.45, 2.75) is 17.4 Å². The van der Waals surface area contributed by atoms with Gasteiger partial charge in [-0.2, -0.15) is 0 Å². The van der Waals surface area contributed by atoms with E-state index in [9.17, 15) is 17.6 Å². The van der Waals surface area contributed by atoms with Crippen LogP contribution in [0.15, 0.2) is 47.4 Å². The summed E-state index contributed by atoms with van der Waals surface area (Å²) in [4.78, 5) is 13.5. The smallest absolute Gasteiger partial charge is 0.414 e. The zero-order chi connectivity index (χ0) is 18.9. The van der Waals surface area contributed by atoms with Crippen LogP contribution in [0.1, 0.15) is 6.42 Å². The normalized spacial score (nSPS) is 17.4. The van der Waals surface area contributed by atoms with Crippen molar-refractivity contribution in [3.8, 4) is 11.1 Å². The van der Waals surface area contributed by atoms with Crippen LogP contribution in [0.3, 0.4) is 0 Å². The molecule has 1 saturated heterocycles. The molecule has 26 heavy (non-hydrogen) atoms. The number of halogens is 1. The van der Waals surface area contributed by atoms with E-state index in [0.29, 0.717) is 36.3 Å². The van der Waals surface area contributed by atoms with Gasteiger partial charge >= 0.3 is 6.09 Å². The van der Waals surface area contributed by atoms with Gasteiger partial charge in [-0.15, -0.1) is 0 Å². The molecule has 1 atom stereocenters. The number of hydrogen-bond donors (Lipinski definition) is 1. The monoisotopic (exact) mass is 378 g/mol. The number of sulfone groups is 1. The summed E-state index contributed by atoms with van der Waals surface area (Å²) in [5.41, 5.74) is 6.75. The summed E-state index contributed by atoms with van der Waals surface area (Å²) in [6.07, 6.45) is 0.854. The molecule has 2 aromatic carbocycles. The molecule has 0 radical (unpaired) electrons. The van der Waals surface area contributed by atoms with Crippen LogP contribution in [-0.4, -0.2) is 40.0 Å². The zero-order valence-electron chi connectivity index (χ0n) is 14.2. The Bertz CT molecular complexity index is 929. The highest BCUT2D eigenvalue weighted by atomic mass is 32.2. The molecule has 138 valence electrons. The molecule has 0 aromatic heterocycles. The second kappa shape index (κ2) is 7.05. The summed E-state index contributed by atoms with van der Waals surface area (Å²) in [5, 5.41) is 0. The SMILES string of the molecule is CS(=O)(=O)c1ccc(-c2ccc(N3C[C@H](CCN)OC3=O)cc2F)cc1. The molecule has 1 amide bonds. The van der Waals surface area contributed by atoms with Gasteiger partial charge in [-0.3, -0.25) is 4.90 Å². The standard InChI is InChI=1S/C18H19FN2O4S/c1-26(23,24)15-5-2-12(3-6-15)16-7-4-13(10-17(16)19)21-11-14(8-9-20)25-18(21)22/h2-7,10,14H,8-9,11,20H2,1H3/t14-/m0/s1. The van der Waals surface area contributed by atoms with Crippen molar-refractivity contribution in [3.63, 3.8) is 0 Å². The second-order valence-corrected chi connectivity index (χ2v) is 8.17. The highest BCUT2D eigenvalue weighted by Gasteiger charge is 2.32. The molecule has 0 aliphatic carbocycles. The van der Waals surface area contributed by atoms with Gasteiger partial charge in [0.15, 0.2) is 9.84 Å². The van der Waals surface area contributed by atoms with Crippen LogP contribution in [0.5, 0.6) is 0 Å². The maximum Gasteiger partial charge on any atom is 0.414 e. The van der Waals surface area contributed by atoms with Crippen molar-refractivity contribution < 1.29 is 22.3 Å². The van der Waals surface area contributed by atoms with E-state index in [1.165, 1.54) is 23.1 Å². The molecule has 1 aliphatic heterocycles. The summed E-state index contributed by atoms with van der Waals surface area (Å²) in [7, 11) is -3.31. The summed E-state index contributed by atoms with van der Waals surface area (Å²) in [5.74, 6) is -0.510. The fourth-order valence-corrected chi connectivity index (χ4v) is 3.49. The molecule has 2 aromatic rings. The fourth-order valence-electron chi connectivity index (χ4n) is 2.86. The maximum absolute atomic E-state index is 14.6. The number of rotatable bonds is 5. The summed E-state index contributed by atoms with van der Waals surface area (Å²) in [6, 6.07) is 10.4. The minimum atomic E-state index is -3.31. The first-order valence-corrected chi connectivity index (χ1v) is 9.97. The second-order valence-electron chi connectivity index (χ2n) is 6.15. The number of amides is 1. The van der Waals surface area contributed by atoms with Gasteiger partial charge in [-0.05, 0) is 48.9 Å². The van der Waals surface area contributed by atoms with Crippen LogP contribution in [0.2, 0.25) is 0 Å². The van der Waals surface area contributed by atoms with Crippen molar-refractivity contribution >= 4 is 21.6 Å². The van der Waals surface area contributed by atoms with Gasteiger partial charge in [0, 0.05) is 11.8 Å². The topological polar surface area (TPSA) is 89.7 Å². The van der Waals surface area contributed by atoms with E-state index in [4.69, 9.17) is 10.5 Å². The molecule has 0 saturated carbocycles. The number of cyclic esters (lactones) is 1. The van der Waals surface area contributed by atoms with Gasteiger partial charge in [-0.1, -0.05) is 12.1 Å². The molecule has 0 unspecified atom stereocenters. The van der Waals surface area contributed by atoms with Crippen LogP contribution in [0.25, 0.3) is 11.1 Å². The van der Waals surface area contributed by atoms with Crippen LogP contribution in [-0.2, 0) is 14.6 Å². The third-order valence-electron chi connectivity index (χ3n) is 4.22. The number of nitrogens with two attached hydrogens (primary N) is 1. The lowest BCUT2D eigenvalue weighted by molar-refractivity contribution is 0.138. The van der Waals surface area contributed by atoms with E-state index in [1.807, 2.05) is 0 Å². The molecule has 0 spiro atoms. The lowest BCUT2D eigenvalue weighted by Crippen LogP contribution is -2.25. The van der Waals surface area contributed by atoms with Gasteiger partial charge < -0.3 is 10.5 Å². The number of ether oxygens (including phenoxy) is 1. The van der Waals surface area contributed by atoms with Gasteiger partial charge in [0.1, 0.15) is 11.9 Å². The van der Waals surface area contributed by atoms with Gasteiger partial charge in [0.2, 0.25) is 0 Å². The molecule has 1 heterocycles. The number of nitrogens with zero attached hydrogens (tertiary/aromatic N) is 1. The van der Waals surface area contributed by atoms with Crippen LogP contribution < -0.4 is 10.6 Å². The molecule has 1 aliphatic rings. The molecular formula is C18H19FN2O4S. The Labute approximate surface area is 151 Å². The molecule has 6 nitrogen and oxygen atoms in total. The van der Waals surface area contributed by atoms with Crippen LogP contribution >= 0.6 is 0 Å². The van der Waals surface area contributed by atoms with Crippen LogP contribution in [0.4, 0.5) is 14.9 Å². The largest absolute Gasteiger partial charge is 0.444 e. The fraction of sp³-hybridized carbons (Fsp3) is 0.278. The summed E-state index contributed by atoms with van der Waals surface area (Å²) in [6.45, 7) is 0.737. The van der Waals surface area contributed by atoms with Crippen LogP contribution in [0, 0.1) is 5.82 Å². The van der Waals surface area contributed by atoms with E-state index in [1.54, 1.807) is 24.3 Å². The summed E-state index contributed by atoms with van der Waals surface area (Å²) < 4.78 is 42.8. The Kier molecular flexibility index (Phi) is 4.97. The van der Waals surface area contributed by atoms with Crippen molar-refractivity contribution in [1.82, 2.24) is 0 Å². The highest BCUT2D eigenvalue weighted by molar-refractivity contribution is 7.90. The molecule has 2 N–H and O–H groups in total. The third-order valence-corrected chi connectivity index (χ3v) is 5.35. The zero-order valence-corrected chi connectivity index (χ0v) is 15.0. The van der Waals surface area contributed by atoms with Crippen molar-refractivity contribution in [2.24, 2.45) is 5.73 Å². The maximum atomic E-state index is 14.6. The molecule has 8 heteroatoms. The van der Waals surface area contributed by atoms with E-state index < -0.39 is 21.7 Å². The van der Waals surface area contributed by atoms with Gasteiger partial charge in [0.05, 0.1) is 17.1 Å². The average Bonchev–Trinajstić information content (AvgIpc) is 2.95. The predicted molar refractivity (Wildman–Crippen MR) is 96.2 cm³/mol. The van der Waals surface area contributed by atoms with Gasteiger partial charge in [0.25, 0.3) is 0 Å². The number of benzene rings is 2. The average molecular weight is 378 g/mol. The molecule has 3 rings (SSSR count). The van der Waals surface area contributed by atoms with E-state index in [2.05, 4.69) is 0 Å². The molecular weight excluding hydrogens is 359 g/mol. The Balaban J connectivity index is 1.85. The lowest BCUT2D eigenvalue weighted by atomic mass is 10.0. The molecule has 0 bridgehead atoms. The van der Waals surface area contributed by atoms with Crippen molar-refractivity contribution in [2.75, 3.05) is 24.2 Å².